The number of hydrogen-bond donors (Lipinski definition) is 1. The van der Waals surface area contributed by atoms with E-state index in [1.54, 1.807) is 0 Å². The molecule has 3 rings (SSSR count). The predicted octanol–water partition coefficient (Wildman–Crippen LogP) is 2.00. The third-order valence-electron chi connectivity index (χ3n) is 5.11. The Kier molecular flexibility index (Phi) is 8.56. The van der Waals surface area contributed by atoms with Crippen molar-refractivity contribution in [3.8, 4) is 0 Å². The molecule has 1 fully saturated rings. The average Bonchev–Trinajstić information content (AvgIpc) is 3.07. The second-order valence-electron chi connectivity index (χ2n) is 7.18. The molecule has 0 amide bonds. The van der Waals surface area contributed by atoms with Gasteiger partial charge in [0.1, 0.15) is 5.82 Å². The third-order valence-corrected chi connectivity index (χ3v) is 5.11. The molecule has 28 heavy (non-hydrogen) atoms. The van der Waals surface area contributed by atoms with Crippen LogP contribution in [0.15, 0.2) is 41.7 Å². The van der Waals surface area contributed by atoms with Crippen LogP contribution in [0.1, 0.15) is 11.3 Å². The third kappa shape index (κ3) is 5.84. The summed E-state index contributed by atoms with van der Waals surface area (Å²) in [5.74, 6) is 1.95. The van der Waals surface area contributed by atoms with Crippen molar-refractivity contribution in [3.63, 3.8) is 0 Å². The average molecular weight is 497 g/mol. The largest absolute Gasteiger partial charge is 0.354 e. The molecular weight excluding hydrogens is 465 g/mol. The smallest absolute Gasteiger partial charge is 0.194 e. The molecule has 1 aliphatic rings. The maximum absolute atomic E-state index is 4.57. The standard InChI is InChI=1S/C20H31N7.HI/c1-21-20(26(4)16-18-6-5-9-25(18)3)23-15-17-7-8-22-19(14-17)27-12-10-24(2)11-13-27;/h5-9,14H,10-13,15-16H2,1-4H3,(H,21,23);1H. The molecule has 0 saturated carbocycles. The number of aromatic nitrogens is 2. The molecule has 154 valence electrons. The highest BCUT2D eigenvalue weighted by molar-refractivity contribution is 14.0. The summed E-state index contributed by atoms with van der Waals surface area (Å²) in [6.07, 6.45) is 3.97. The monoisotopic (exact) mass is 497 g/mol. The molecule has 0 radical (unpaired) electrons. The van der Waals surface area contributed by atoms with Crippen LogP contribution < -0.4 is 10.2 Å². The first-order chi connectivity index (χ1) is 13.1. The van der Waals surface area contributed by atoms with Gasteiger partial charge in [-0.25, -0.2) is 4.98 Å². The minimum Gasteiger partial charge on any atom is -0.354 e. The van der Waals surface area contributed by atoms with Crippen LogP contribution in [0, 0.1) is 0 Å². The molecule has 7 nitrogen and oxygen atoms in total. The van der Waals surface area contributed by atoms with Crippen molar-refractivity contribution in [3.05, 3.63) is 47.9 Å². The summed E-state index contributed by atoms with van der Waals surface area (Å²) in [5, 5.41) is 3.47. The summed E-state index contributed by atoms with van der Waals surface area (Å²) in [5.41, 5.74) is 2.47. The second kappa shape index (κ2) is 10.7. The number of aliphatic imine (C=N–C) groups is 1. The van der Waals surface area contributed by atoms with Gasteiger partial charge in [-0.3, -0.25) is 4.99 Å². The Hall–Kier alpha value is -1.81. The minimum absolute atomic E-state index is 0. The zero-order chi connectivity index (χ0) is 19.2. The van der Waals surface area contributed by atoms with Gasteiger partial charge in [-0.2, -0.15) is 0 Å². The number of anilines is 1. The number of hydrogen-bond acceptors (Lipinski definition) is 4. The van der Waals surface area contributed by atoms with E-state index < -0.39 is 0 Å². The summed E-state index contributed by atoms with van der Waals surface area (Å²) in [4.78, 5) is 15.8. The Bertz CT molecular complexity index is 765. The molecule has 3 heterocycles. The van der Waals surface area contributed by atoms with Gasteiger partial charge in [-0.15, -0.1) is 24.0 Å². The minimum atomic E-state index is 0. The van der Waals surface area contributed by atoms with Crippen LogP contribution >= 0.6 is 24.0 Å². The van der Waals surface area contributed by atoms with Gasteiger partial charge in [0.25, 0.3) is 0 Å². The van der Waals surface area contributed by atoms with E-state index in [2.05, 4.69) is 86.2 Å². The van der Waals surface area contributed by atoms with E-state index in [1.807, 2.05) is 13.2 Å². The molecule has 0 unspecified atom stereocenters. The van der Waals surface area contributed by atoms with Crippen molar-refractivity contribution in [2.45, 2.75) is 13.1 Å². The van der Waals surface area contributed by atoms with Crippen molar-refractivity contribution >= 4 is 35.8 Å². The molecule has 0 spiro atoms. The Morgan fingerprint density at radius 3 is 2.61 bits per heavy atom. The molecule has 1 saturated heterocycles. The van der Waals surface area contributed by atoms with Crippen molar-refractivity contribution < 1.29 is 0 Å². The van der Waals surface area contributed by atoms with Crippen LogP contribution in [-0.2, 0) is 20.1 Å². The lowest BCUT2D eigenvalue weighted by Crippen LogP contribution is -2.44. The highest BCUT2D eigenvalue weighted by Gasteiger charge is 2.15. The van der Waals surface area contributed by atoms with Crippen molar-refractivity contribution in [1.82, 2.24) is 24.7 Å². The molecule has 1 N–H and O–H groups in total. The zero-order valence-corrected chi connectivity index (χ0v) is 19.6. The van der Waals surface area contributed by atoms with Crippen LogP contribution in [0.25, 0.3) is 0 Å². The van der Waals surface area contributed by atoms with Gasteiger partial charge in [0, 0.05) is 72.0 Å². The van der Waals surface area contributed by atoms with Crippen molar-refractivity contribution in [2.24, 2.45) is 12.0 Å². The number of nitrogens with zero attached hydrogens (tertiary/aromatic N) is 6. The fourth-order valence-corrected chi connectivity index (χ4v) is 3.32. The van der Waals surface area contributed by atoms with Crippen LogP contribution in [0.2, 0.25) is 0 Å². The van der Waals surface area contributed by atoms with Gasteiger partial charge in [-0.05, 0) is 36.9 Å². The van der Waals surface area contributed by atoms with Crippen molar-refractivity contribution in [2.75, 3.05) is 52.2 Å². The fourth-order valence-electron chi connectivity index (χ4n) is 3.32. The second-order valence-corrected chi connectivity index (χ2v) is 7.18. The first kappa shape index (κ1) is 22.5. The van der Waals surface area contributed by atoms with Crippen LogP contribution in [0.3, 0.4) is 0 Å². The van der Waals surface area contributed by atoms with Gasteiger partial charge in [0.15, 0.2) is 5.96 Å². The molecule has 0 aliphatic carbocycles. The molecular formula is C20H32IN7. The van der Waals surface area contributed by atoms with E-state index in [-0.39, 0.29) is 24.0 Å². The number of nitrogens with one attached hydrogen (secondary N) is 1. The maximum atomic E-state index is 4.57. The first-order valence-electron chi connectivity index (χ1n) is 9.47. The van der Waals surface area contributed by atoms with E-state index in [9.17, 15) is 0 Å². The quantitative estimate of drug-likeness (QED) is 0.389. The molecule has 0 atom stereocenters. The van der Waals surface area contributed by atoms with E-state index in [0.717, 1.165) is 51.0 Å². The summed E-state index contributed by atoms with van der Waals surface area (Å²) in [7, 11) is 8.12. The van der Waals surface area contributed by atoms with Crippen LogP contribution in [0.4, 0.5) is 5.82 Å². The van der Waals surface area contributed by atoms with E-state index >= 15 is 0 Å². The van der Waals surface area contributed by atoms with Gasteiger partial charge >= 0.3 is 0 Å². The number of guanidine groups is 1. The van der Waals surface area contributed by atoms with Gasteiger partial charge < -0.3 is 24.6 Å². The SMILES string of the molecule is CN=C(NCc1ccnc(N2CCN(C)CC2)c1)N(C)Cc1cccn1C.I. The fraction of sp³-hybridized carbons (Fsp3) is 0.500. The highest BCUT2D eigenvalue weighted by atomic mass is 127. The van der Waals surface area contributed by atoms with E-state index in [4.69, 9.17) is 0 Å². The summed E-state index contributed by atoms with van der Waals surface area (Å²) >= 11 is 0. The zero-order valence-electron chi connectivity index (χ0n) is 17.3. The van der Waals surface area contributed by atoms with Gasteiger partial charge in [0.05, 0.1) is 6.54 Å². The lowest BCUT2D eigenvalue weighted by molar-refractivity contribution is 0.312. The van der Waals surface area contributed by atoms with Gasteiger partial charge in [-0.1, -0.05) is 0 Å². The van der Waals surface area contributed by atoms with E-state index in [0.29, 0.717) is 0 Å². The lowest BCUT2D eigenvalue weighted by Gasteiger charge is -2.33. The molecule has 0 aromatic carbocycles. The number of piperazine rings is 1. The number of pyridine rings is 1. The number of halogens is 1. The summed E-state index contributed by atoms with van der Waals surface area (Å²) < 4.78 is 2.13. The van der Waals surface area contributed by atoms with E-state index in [1.165, 1.54) is 11.3 Å². The lowest BCUT2D eigenvalue weighted by atomic mass is 10.2. The number of aryl methyl sites for hydroxylation is 1. The van der Waals surface area contributed by atoms with Crippen molar-refractivity contribution in [1.29, 1.82) is 0 Å². The Labute approximate surface area is 185 Å². The Morgan fingerprint density at radius 2 is 1.96 bits per heavy atom. The molecule has 0 bridgehead atoms. The molecule has 2 aromatic heterocycles. The van der Waals surface area contributed by atoms with Crippen LogP contribution in [-0.4, -0.2) is 72.6 Å². The van der Waals surface area contributed by atoms with Gasteiger partial charge in [0.2, 0.25) is 0 Å². The van der Waals surface area contributed by atoms with Crippen LogP contribution in [0.5, 0.6) is 0 Å². The highest BCUT2D eigenvalue weighted by Crippen LogP contribution is 2.15. The normalized spacial score (nSPS) is 15.3. The molecule has 2 aromatic rings. The Morgan fingerprint density at radius 1 is 1.21 bits per heavy atom. The summed E-state index contributed by atoms with van der Waals surface area (Å²) in [6.45, 7) is 5.77. The topological polar surface area (TPSA) is 51.9 Å². The molecule has 8 heteroatoms. The Balaban J connectivity index is 0.00000280. The number of likely N-dealkylation sites (N-methyl/N-ethyl adjacent to an activating group) is 1. The predicted molar refractivity (Wildman–Crippen MR) is 126 cm³/mol. The number of rotatable bonds is 5. The summed E-state index contributed by atoms with van der Waals surface area (Å²) in [6, 6.07) is 8.45. The maximum Gasteiger partial charge on any atom is 0.194 e. The first-order valence-corrected chi connectivity index (χ1v) is 9.47. The molecule has 1 aliphatic heterocycles.